The van der Waals surface area contributed by atoms with E-state index in [0.717, 1.165) is 30.9 Å². The standard InChI is InChI=1S/C24H13F6N7O/c25-23(26,27)18-7-14(17-12-31-9-13-3-1-2-4-16(13)17)10-32-20(18)22(38)36-15-8-19(24(28,29)30)21(33-11-15)37-34-5-6-35-37/h1-12H,(H,36,38). The summed E-state index contributed by atoms with van der Waals surface area (Å²) < 4.78 is 82.8. The van der Waals surface area contributed by atoms with E-state index in [2.05, 4.69) is 25.1 Å². The Morgan fingerprint density at radius 1 is 0.816 bits per heavy atom. The van der Waals surface area contributed by atoms with Crippen LogP contribution in [-0.4, -0.2) is 35.9 Å². The molecule has 0 spiro atoms. The minimum atomic E-state index is -5.00. The van der Waals surface area contributed by atoms with Gasteiger partial charge in [-0.1, -0.05) is 24.3 Å². The smallest absolute Gasteiger partial charge is 0.319 e. The van der Waals surface area contributed by atoms with E-state index in [1.165, 1.54) is 6.20 Å². The average Bonchev–Trinajstić information content (AvgIpc) is 3.42. The number of anilines is 1. The Morgan fingerprint density at radius 2 is 1.53 bits per heavy atom. The molecule has 5 aromatic rings. The summed E-state index contributed by atoms with van der Waals surface area (Å²) in [4.78, 5) is 24.8. The van der Waals surface area contributed by atoms with Crippen LogP contribution in [0.1, 0.15) is 21.6 Å². The van der Waals surface area contributed by atoms with E-state index in [9.17, 15) is 31.1 Å². The molecule has 4 aromatic heterocycles. The zero-order chi connectivity index (χ0) is 27.1. The van der Waals surface area contributed by atoms with E-state index >= 15 is 0 Å². The van der Waals surface area contributed by atoms with Crippen molar-refractivity contribution in [3.63, 3.8) is 0 Å². The second-order valence-corrected chi connectivity index (χ2v) is 7.89. The first-order valence-electron chi connectivity index (χ1n) is 10.7. The third kappa shape index (κ3) is 4.75. The Hall–Kier alpha value is -4.88. The lowest BCUT2D eigenvalue weighted by atomic mass is 10.00. The van der Waals surface area contributed by atoms with Gasteiger partial charge in [-0.25, -0.2) is 9.97 Å². The van der Waals surface area contributed by atoms with Gasteiger partial charge in [-0.3, -0.25) is 9.78 Å². The molecule has 0 aliphatic carbocycles. The van der Waals surface area contributed by atoms with Crippen LogP contribution >= 0.6 is 0 Å². The van der Waals surface area contributed by atoms with Gasteiger partial charge < -0.3 is 5.32 Å². The Balaban J connectivity index is 1.53. The predicted octanol–water partition coefficient (Wildman–Crippen LogP) is 5.56. The number of carbonyl (C=O) groups is 1. The average molecular weight is 529 g/mol. The van der Waals surface area contributed by atoms with E-state index in [1.807, 2.05) is 5.32 Å². The fourth-order valence-electron chi connectivity index (χ4n) is 3.76. The lowest BCUT2D eigenvalue weighted by Crippen LogP contribution is -2.21. The van der Waals surface area contributed by atoms with Gasteiger partial charge >= 0.3 is 12.4 Å². The summed E-state index contributed by atoms with van der Waals surface area (Å²) in [5, 5.41) is 10.5. The van der Waals surface area contributed by atoms with Crippen LogP contribution in [0.15, 0.2) is 73.6 Å². The van der Waals surface area contributed by atoms with Crippen LogP contribution in [0.3, 0.4) is 0 Å². The molecule has 0 aliphatic heterocycles. The fraction of sp³-hybridized carbons (Fsp3) is 0.0833. The van der Waals surface area contributed by atoms with Crippen LogP contribution < -0.4 is 5.32 Å². The van der Waals surface area contributed by atoms with Gasteiger partial charge in [-0.15, -0.1) is 4.80 Å². The van der Waals surface area contributed by atoms with Gasteiger partial charge in [0.2, 0.25) is 0 Å². The molecular weight excluding hydrogens is 516 g/mol. The number of nitrogens with zero attached hydrogens (tertiary/aromatic N) is 6. The second kappa shape index (κ2) is 9.21. The van der Waals surface area contributed by atoms with Crippen LogP contribution in [0.25, 0.3) is 27.7 Å². The molecule has 0 unspecified atom stereocenters. The van der Waals surface area contributed by atoms with Crippen molar-refractivity contribution in [1.82, 2.24) is 29.9 Å². The number of halogens is 6. The van der Waals surface area contributed by atoms with Crippen LogP contribution in [0.5, 0.6) is 0 Å². The summed E-state index contributed by atoms with van der Waals surface area (Å²) in [5.74, 6) is -2.05. The molecule has 1 N–H and O–H groups in total. The molecule has 8 nitrogen and oxygen atoms in total. The number of pyridine rings is 3. The second-order valence-electron chi connectivity index (χ2n) is 7.89. The minimum Gasteiger partial charge on any atom is -0.319 e. The van der Waals surface area contributed by atoms with E-state index in [4.69, 9.17) is 0 Å². The highest BCUT2D eigenvalue weighted by Gasteiger charge is 2.38. The summed E-state index contributed by atoms with van der Waals surface area (Å²) >= 11 is 0. The van der Waals surface area contributed by atoms with Crippen LogP contribution in [0, 0.1) is 0 Å². The lowest BCUT2D eigenvalue weighted by Gasteiger charge is -2.16. The highest BCUT2D eigenvalue weighted by atomic mass is 19.4. The topological polar surface area (TPSA) is 98.5 Å². The van der Waals surface area contributed by atoms with Gasteiger partial charge in [0.1, 0.15) is 11.3 Å². The normalized spacial score (nSPS) is 12.1. The molecule has 5 rings (SSSR count). The summed E-state index contributed by atoms with van der Waals surface area (Å²) in [7, 11) is 0. The van der Waals surface area contributed by atoms with Crippen molar-refractivity contribution < 1.29 is 31.1 Å². The number of alkyl halides is 6. The van der Waals surface area contributed by atoms with Crippen LogP contribution in [-0.2, 0) is 12.4 Å². The van der Waals surface area contributed by atoms with Gasteiger partial charge in [-0.2, -0.15) is 36.5 Å². The number of hydrogen-bond donors (Lipinski definition) is 1. The van der Waals surface area contributed by atoms with Crippen molar-refractivity contribution in [3.05, 3.63) is 90.4 Å². The van der Waals surface area contributed by atoms with Crippen molar-refractivity contribution in [1.29, 1.82) is 0 Å². The largest absolute Gasteiger partial charge is 0.420 e. The molecule has 0 radical (unpaired) electrons. The molecule has 0 atom stereocenters. The number of carbonyl (C=O) groups excluding carboxylic acids is 1. The molecule has 0 bridgehead atoms. The molecule has 38 heavy (non-hydrogen) atoms. The van der Waals surface area contributed by atoms with Crippen LogP contribution in [0.4, 0.5) is 32.0 Å². The Bertz CT molecular complexity index is 1640. The molecule has 4 heterocycles. The van der Waals surface area contributed by atoms with Crippen molar-refractivity contribution in [2.24, 2.45) is 0 Å². The van der Waals surface area contributed by atoms with Crippen molar-refractivity contribution in [2.45, 2.75) is 12.4 Å². The number of benzene rings is 1. The van der Waals surface area contributed by atoms with Crippen molar-refractivity contribution in [2.75, 3.05) is 5.32 Å². The summed E-state index contributed by atoms with van der Waals surface area (Å²) in [6, 6.07) is 8.17. The zero-order valence-corrected chi connectivity index (χ0v) is 18.8. The van der Waals surface area contributed by atoms with E-state index in [1.54, 1.807) is 30.5 Å². The van der Waals surface area contributed by atoms with Gasteiger partial charge in [0.05, 0.1) is 29.8 Å². The van der Waals surface area contributed by atoms with E-state index in [0.29, 0.717) is 27.2 Å². The maximum atomic E-state index is 14.0. The summed E-state index contributed by atoms with van der Waals surface area (Å²) in [6.07, 6.45) is -2.82. The molecule has 1 aromatic carbocycles. The van der Waals surface area contributed by atoms with Crippen LogP contribution in [0.2, 0.25) is 0 Å². The molecule has 0 saturated carbocycles. The molecule has 1 amide bonds. The molecule has 0 aliphatic rings. The monoisotopic (exact) mass is 529 g/mol. The number of hydrogen-bond acceptors (Lipinski definition) is 6. The quantitative estimate of drug-likeness (QED) is 0.306. The number of rotatable bonds is 4. The van der Waals surface area contributed by atoms with Gasteiger partial charge in [0.15, 0.2) is 5.82 Å². The van der Waals surface area contributed by atoms with Gasteiger partial charge in [-0.05, 0) is 17.5 Å². The number of amides is 1. The number of nitrogens with one attached hydrogen (secondary N) is 1. The first-order chi connectivity index (χ1) is 18.0. The maximum absolute atomic E-state index is 14.0. The zero-order valence-electron chi connectivity index (χ0n) is 18.8. The number of fused-ring (bicyclic) bond motifs is 1. The minimum absolute atomic E-state index is 0.0512. The Labute approximate surface area is 209 Å². The molecule has 0 saturated heterocycles. The first kappa shape index (κ1) is 24.8. The van der Waals surface area contributed by atoms with Crippen molar-refractivity contribution >= 4 is 22.4 Å². The summed E-state index contributed by atoms with van der Waals surface area (Å²) in [5.41, 5.74) is -3.81. The van der Waals surface area contributed by atoms with E-state index in [-0.39, 0.29) is 5.56 Å². The highest BCUT2D eigenvalue weighted by Crippen LogP contribution is 2.37. The third-order valence-corrected chi connectivity index (χ3v) is 5.43. The fourth-order valence-corrected chi connectivity index (χ4v) is 3.76. The molecule has 192 valence electrons. The first-order valence-corrected chi connectivity index (χ1v) is 10.7. The molecular formula is C24H13F6N7O. The number of aromatic nitrogens is 6. The predicted molar refractivity (Wildman–Crippen MR) is 122 cm³/mol. The summed E-state index contributed by atoms with van der Waals surface area (Å²) in [6.45, 7) is 0. The molecule has 14 heteroatoms. The van der Waals surface area contributed by atoms with Crippen molar-refractivity contribution in [3.8, 4) is 16.9 Å². The Morgan fingerprint density at radius 3 is 2.24 bits per heavy atom. The van der Waals surface area contributed by atoms with Gasteiger partial charge in [0.25, 0.3) is 5.91 Å². The van der Waals surface area contributed by atoms with Gasteiger partial charge in [0, 0.05) is 35.1 Å². The Kier molecular flexibility index (Phi) is 6.01. The SMILES string of the molecule is O=C(Nc1cnc(-n2nccn2)c(C(F)(F)F)c1)c1ncc(-c2cncc3ccccc23)cc1C(F)(F)F. The lowest BCUT2D eigenvalue weighted by molar-refractivity contribution is -0.138. The highest BCUT2D eigenvalue weighted by molar-refractivity contribution is 6.04. The molecule has 0 fully saturated rings. The third-order valence-electron chi connectivity index (χ3n) is 5.43. The van der Waals surface area contributed by atoms with E-state index < -0.39 is 46.6 Å². The maximum Gasteiger partial charge on any atom is 0.420 e.